The lowest BCUT2D eigenvalue weighted by atomic mass is 10.0. The molecule has 78 valence electrons. The lowest BCUT2D eigenvalue weighted by molar-refractivity contribution is 0.260. The Kier molecular flexibility index (Phi) is 3.74. The van der Waals surface area contributed by atoms with Crippen molar-refractivity contribution in [3.05, 3.63) is 0 Å². The minimum Gasteiger partial charge on any atom is -0.328 e. The highest BCUT2D eigenvalue weighted by atomic mass is 15.2. The van der Waals surface area contributed by atoms with Crippen molar-refractivity contribution in [1.82, 2.24) is 4.90 Å². The second-order valence-electron chi connectivity index (χ2n) is 5.01. The van der Waals surface area contributed by atoms with E-state index in [0.717, 1.165) is 11.8 Å². The molecule has 1 aliphatic rings. The number of hydrogen-bond acceptors (Lipinski definition) is 2. The fourth-order valence-corrected chi connectivity index (χ4v) is 1.97. The van der Waals surface area contributed by atoms with Gasteiger partial charge in [-0.15, -0.1) is 0 Å². The van der Waals surface area contributed by atoms with Crippen molar-refractivity contribution in [3.8, 4) is 0 Å². The molecule has 1 aliphatic heterocycles. The molecular formula is C11H24N2. The van der Waals surface area contributed by atoms with Crippen LogP contribution in [0.15, 0.2) is 0 Å². The Morgan fingerprint density at radius 2 is 1.69 bits per heavy atom. The predicted molar refractivity (Wildman–Crippen MR) is 57.6 cm³/mol. The molecule has 0 amide bonds. The normalized spacial score (nSPS) is 34.8. The number of hydrogen-bond donors (Lipinski definition) is 1. The molecule has 0 aromatic rings. The third-order valence-corrected chi connectivity index (χ3v) is 3.51. The molecule has 2 nitrogen and oxygen atoms in total. The summed E-state index contributed by atoms with van der Waals surface area (Å²) in [7, 11) is 0. The monoisotopic (exact) mass is 184 g/mol. The quantitative estimate of drug-likeness (QED) is 0.721. The van der Waals surface area contributed by atoms with Crippen LogP contribution in [-0.2, 0) is 0 Å². The van der Waals surface area contributed by atoms with Gasteiger partial charge < -0.3 is 10.6 Å². The van der Waals surface area contributed by atoms with E-state index in [9.17, 15) is 0 Å². The van der Waals surface area contributed by atoms with E-state index in [1.54, 1.807) is 0 Å². The highest BCUT2D eigenvalue weighted by molar-refractivity contribution is 4.80. The molecule has 2 N–H and O–H groups in total. The Morgan fingerprint density at radius 1 is 1.23 bits per heavy atom. The molecule has 1 rings (SSSR count). The Bertz CT molecular complexity index is 146. The maximum Gasteiger partial charge on any atom is 0.00483 e. The van der Waals surface area contributed by atoms with E-state index in [2.05, 4.69) is 32.6 Å². The second kappa shape index (κ2) is 4.43. The summed E-state index contributed by atoms with van der Waals surface area (Å²) in [5.74, 6) is 2.35. The maximum atomic E-state index is 5.86. The van der Waals surface area contributed by atoms with Crippen LogP contribution in [0.2, 0.25) is 0 Å². The van der Waals surface area contributed by atoms with Gasteiger partial charge >= 0.3 is 0 Å². The van der Waals surface area contributed by atoms with Crippen molar-refractivity contribution in [2.24, 2.45) is 23.5 Å². The topological polar surface area (TPSA) is 29.3 Å². The van der Waals surface area contributed by atoms with E-state index < -0.39 is 0 Å². The van der Waals surface area contributed by atoms with Crippen LogP contribution in [0.1, 0.15) is 27.7 Å². The zero-order valence-electron chi connectivity index (χ0n) is 9.46. The molecule has 0 saturated carbocycles. The van der Waals surface area contributed by atoms with Gasteiger partial charge in [-0.25, -0.2) is 0 Å². The minimum atomic E-state index is 0.325. The molecule has 0 spiro atoms. The van der Waals surface area contributed by atoms with Gasteiger partial charge in [0.15, 0.2) is 0 Å². The highest BCUT2D eigenvalue weighted by Gasteiger charge is 2.27. The van der Waals surface area contributed by atoms with Crippen LogP contribution in [0.25, 0.3) is 0 Å². The Hall–Kier alpha value is -0.0800. The number of likely N-dealkylation sites (tertiary alicyclic amines) is 1. The van der Waals surface area contributed by atoms with Crippen molar-refractivity contribution < 1.29 is 0 Å². The van der Waals surface area contributed by atoms with Gasteiger partial charge in [0.25, 0.3) is 0 Å². The molecule has 4 atom stereocenters. The number of nitrogens with zero attached hydrogens (tertiary/aromatic N) is 1. The van der Waals surface area contributed by atoms with Crippen LogP contribution in [0.3, 0.4) is 0 Å². The molecule has 13 heavy (non-hydrogen) atoms. The Labute approximate surface area is 82.5 Å². The van der Waals surface area contributed by atoms with E-state index in [1.807, 2.05) is 0 Å². The summed E-state index contributed by atoms with van der Waals surface area (Å²) < 4.78 is 0. The predicted octanol–water partition coefficient (Wildman–Crippen LogP) is 1.56. The first-order valence-electron chi connectivity index (χ1n) is 5.48. The summed E-state index contributed by atoms with van der Waals surface area (Å²) in [4.78, 5) is 2.56. The summed E-state index contributed by atoms with van der Waals surface area (Å²) in [6, 6.07) is 0.325. The lowest BCUT2D eigenvalue weighted by Gasteiger charge is -2.23. The van der Waals surface area contributed by atoms with Gasteiger partial charge in [0.05, 0.1) is 0 Å². The molecule has 0 aliphatic carbocycles. The van der Waals surface area contributed by atoms with Gasteiger partial charge in [0.2, 0.25) is 0 Å². The van der Waals surface area contributed by atoms with Crippen molar-refractivity contribution in [2.45, 2.75) is 33.7 Å². The van der Waals surface area contributed by atoms with Gasteiger partial charge in [-0.1, -0.05) is 20.8 Å². The van der Waals surface area contributed by atoms with Crippen molar-refractivity contribution in [3.63, 3.8) is 0 Å². The summed E-state index contributed by atoms with van der Waals surface area (Å²) in [6.45, 7) is 12.7. The van der Waals surface area contributed by atoms with E-state index in [0.29, 0.717) is 12.0 Å². The van der Waals surface area contributed by atoms with Gasteiger partial charge in [-0.2, -0.15) is 0 Å². The molecule has 0 radical (unpaired) electrons. The smallest absolute Gasteiger partial charge is 0.00483 e. The largest absolute Gasteiger partial charge is 0.328 e. The summed E-state index contributed by atoms with van der Waals surface area (Å²) in [5.41, 5.74) is 5.86. The van der Waals surface area contributed by atoms with Gasteiger partial charge in [-0.05, 0) is 24.7 Å². The lowest BCUT2D eigenvalue weighted by Crippen LogP contribution is -2.35. The standard InChI is InChI=1S/C11H24N2/c1-8-5-13(6-9(8)2)7-10(3)11(4)12/h8-11H,5-7,12H2,1-4H3. The first kappa shape index (κ1) is 11.0. The van der Waals surface area contributed by atoms with E-state index in [-0.39, 0.29) is 0 Å². The van der Waals surface area contributed by atoms with E-state index in [4.69, 9.17) is 5.73 Å². The van der Waals surface area contributed by atoms with Gasteiger partial charge in [-0.3, -0.25) is 0 Å². The molecule has 1 fully saturated rings. The fourth-order valence-electron chi connectivity index (χ4n) is 1.97. The van der Waals surface area contributed by atoms with E-state index >= 15 is 0 Å². The summed E-state index contributed by atoms with van der Waals surface area (Å²) in [5, 5.41) is 0. The maximum absolute atomic E-state index is 5.86. The third kappa shape index (κ3) is 2.96. The molecule has 0 aromatic heterocycles. The van der Waals surface area contributed by atoms with Crippen molar-refractivity contribution >= 4 is 0 Å². The third-order valence-electron chi connectivity index (χ3n) is 3.51. The SMILES string of the molecule is CC(N)C(C)CN1CC(C)C(C)C1. The Morgan fingerprint density at radius 3 is 2.08 bits per heavy atom. The summed E-state index contributed by atoms with van der Waals surface area (Å²) in [6.07, 6.45) is 0. The Balaban J connectivity index is 2.31. The van der Waals surface area contributed by atoms with Crippen LogP contribution in [-0.4, -0.2) is 30.6 Å². The first-order valence-corrected chi connectivity index (χ1v) is 5.48. The second-order valence-corrected chi connectivity index (χ2v) is 5.01. The average molecular weight is 184 g/mol. The first-order chi connectivity index (χ1) is 6.00. The fraction of sp³-hybridized carbons (Fsp3) is 1.00. The molecule has 1 saturated heterocycles. The zero-order chi connectivity index (χ0) is 10.0. The molecule has 4 unspecified atom stereocenters. The van der Waals surface area contributed by atoms with Gasteiger partial charge in [0, 0.05) is 25.7 Å². The highest BCUT2D eigenvalue weighted by Crippen LogP contribution is 2.22. The van der Waals surface area contributed by atoms with Crippen LogP contribution in [0, 0.1) is 17.8 Å². The molecule has 0 bridgehead atoms. The van der Waals surface area contributed by atoms with E-state index in [1.165, 1.54) is 19.6 Å². The van der Waals surface area contributed by atoms with Crippen molar-refractivity contribution in [2.75, 3.05) is 19.6 Å². The zero-order valence-corrected chi connectivity index (χ0v) is 9.46. The molecule has 2 heteroatoms. The van der Waals surface area contributed by atoms with Crippen LogP contribution < -0.4 is 5.73 Å². The van der Waals surface area contributed by atoms with Crippen LogP contribution in [0.5, 0.6) is 0 Å². The minimum absolute atomic E-state index is 0.325. The number of nitrogens with two attached hydrogens (primary N) is 1. The molecular weight excluding hydrogens is 160 g/mol. The van der Waals surface area contributed by atoms with Gasteiger partial charge in [0.1, 0.15) is 0 Å². The molecule has 1 heterocycles. The molecule has 0 aromatic carbocycles. The number of rotatable bonds is 3. The van der Waals surface area contributed by atoms with Crippen LogP contribution in [0.4, 0.5) is 0 Å². The van der Waals surface area contributed by atoms with Crippen LogP contribution >= 0.6 is 0 Å². The van der Waals surface area contributed by atoms with Crippen molar-refractivity contribution in [1.29, 1.82) is 0 Å². The summed E-state index contributed by atoms with van der Waals surface area (Å²) >= 11 is 0. The average Bonchev–Trinajstić information content (AvgIpc) is 2.31.